The molecule has 0 aliphatic rings. The number of aromatic nitrogens is 1. The summed E-state index contributed by atoms with van der Waals surface area (Å²) in [4.78, 5) is 4.46. The summed E-state index contributed by atoms with van der Waals surface area (Å²) in [6.45, 7) is 2.30. The van der Waals surface area contributed by atoms with Gasteiger partial charge in [0.25, 0.3) is 0 Å². The lowest BCUT2D eigenvalue weighted by molar-refractivity contribution is 0.206. The molecule has 0 fully saturated rings. The van der Waals surface area contributed by atoms with Crippen LogP contribution in [-0.2, 0) is 6.61 Å². The predicted molar refractivity (Wildman–Crippen MR) is 96.8 cm³/mol. The maximum Gasteiger partial charge on any atom is 0.220 e. The second-order valence-corrected chi connectivity index (χ2v) is 5.80. The highest BCUT2D eigenvalue weighted by atomic mass is 16.5. The minimum absolute atomic E-state index is 0.402. The summed E-state index contributed by atoms with van der Waals surface area (Å²) in [5, 5.41) is 10.8. The Kier molecular flexibility index (Phi) is 5.31. The summed E-state index contributed by atoms with van der Waals surface area (Å²) in [5.74, 6) is 1.20. The van der Waals surface area contributed by atoms with E-state index in [0.717, 1.165) is 22.6 Å². The topological polar surface area (TPSA) is 51.6 Å². The monoisotopic (exact) mass is 335 g/mol. The number of aliphatic hydroxyl groups excluding tert-OH is 1. The Morgan fingerprint density at radius 3 is 2.36 bits per heavy atom. The van der Waals surface area contributed by atoms with Crippen LogP contribution < -0.4 is 9.47 Å². The molecule has 1 unspecified atom stereocenters. The Bertz CT molecular complexity index is 816. The summed E-state index contributed by atoms with van der Waals surface area (Å²) >= 11 is 0. The summed E-state index contributed by atoms with van der Waals surface area (Å²) in [6, 6.07) is 20.9. The van der Waals surface area contributed by atoms with E-state index in [2.05, 4.69) is 4.98 Å². The van der Waals surface area contributed by atoms with Crippen LogP contribution in [0.2, 0.25) is 0 Å². The molecule has 4 nitrogen and oxygen atoms in total. The van der Waals surface area contributed by atoms with E-state index in [0.29, 0.717) is 18.1 Å². The molecule has 0 bridgehead atoms. The number of nitrogens with zero attached hydrogens (tertiary/aromatic N) is 1. The quantitative estimate of drug-likeness (QED) is 0.738. The minimum Gasteiger partial charge on any atom is -0.497 e. The van der Waals surface area contributed by atoms with E-state index < -0.39 is 6.10 Å². The zero-order valence-electron chi connectivity index (χ0n) is 14.3. The van der Waals surface area contributed by atoms with Gasteiger partial charge < -0.3 is 14.6 Å². The molecule has 1 heterocycles. The van der Waals surface area contributed by atoms with Gasteiger partial charge in [-0.15, -0.1) is 0 Å². The predicted octanol–water partition coefficient (Wildman–Crippen LogP) is 4.06. The van der Waals surface area contributed by atoms with E-state index in [1.165, 1.54) is 0 Å². The molecule has 128 valence electrons. The molecule has 3 rings (SSSR count). The molecule has 1 N–H and O–H groups in total. The highest BCUT2D eigenvalue weighted by molar-refractivity contribution is 5.39. The van der Waals surface area contributed by atoms with E-state index in [1.54, 1.807) is 7.11 Å². The molecule has 0 radical (unpaired) electrons. The van der Waals surface area contributed by atoms with Crippen LogP contribution >= 0.6 is 0 Å². The van der Waals surface area contributed by atoms with E-state index in [9.17, 15) is 5.11 Å². The third-order valence-electron chi connectivity index (χ3n) is 3.97. The first-order valence-electron chi connectivity index (χ1n) is 8.13. The zero-order valence-corrected chi connectivity index (χ0v) is 14.3. The summed E-state index contributed by atoms with van der Waals surface area (Å²) < 4.78 is 11.1. The Balaban J connectivity index is 1.84. The van der Waals surface area contributed by atoms with Gasteiger partial charge in [-0.25, -0.2) is 4.98 Å². The van der Waals surface area contributed by atoms with Gasteiger partial charge in [0.1, 0.15) is 18.5 Å². The van der Waals surface area contributed by atoms with Crippen molar-refractivity contribution in [2.45, 2.75) is 19.6 Å². The van der Waals surface area contributed by atoms with E-state index in [4.69, 9.17) is 9.47 Å². The number of pyridine rings is 1. The van der Waals surface area contributed by atoms with Gasteiger partial charge in [-0.1, -0.05) is 42.5 Å². The number of ether oxygens (including phenoxy) is 2. The molecule has 0 spiro atoms. The number of aryl methyl sites for hydroxylation is 1. The average Bonchev–Trinajstić information content (AvgIpc) is 2.67. The summed E-state index contributed by atoms with van der Waals surface area (Å²) in [5.41, 5.74) is 3.30. The molecule has 1 atom stereocenters. The number of benzene rings is 2. The molecule has 3 aromatic rings. The van der Waals surface area contributed by atoms with Crippen molar-refractivity contribution in [3.63, 3.8) is 0 Å². The Hall–Kier alpha value is -2.85. The van der Waals surface area contributed by atoms with Crippen LogP contribution in [0, 0.1) is 6.92 Å². The first-order valence-corrected chi connectivity index (χ1v) is 8.13. The maximum absolute atomic E-state index is 10.8. The van der Waals surface area contributed by atoms with Crippen molar-refractivity contribution in [1.82, 2.24) is 4.98 Å². The Morgan fingerprint density at radius 2 is 1.68 bits per heavy atom. The Labute approximate surface area is 147 Å². The van der Waals surface area contributed by atoms with Gasteiger partial charge in [0.05, 0.1) is 7.11 Å². The van der Waals surface area contributed by atoms with Crippen LogP contribution in [0.1, 0.15) is 28.5 Å². The van der Waals surface area contributed by atoms with Crippen molar-refractivity contribution in [3.8, 4) is 11.6 Å². The maximum atomic E-state index is 10.8. The first kappa shape index (κ1) is 17.0. The van der Waals surface area contributed by atoms with Crippen molar-refractivity contribution in [1.29, 1.82) is 0 Å². The van der Waals surface area contributed by atoms with E-state index in [-0.39, 0.29) is 0 Å². The second kappa shape index (κ2) is 7.81. The van der Waals surface area contributed by atoms with Crippen molar-refractivity contribution in [2.24, 2.45) is 0 Å². The third-order valence-corrected chi connectivity index (χ3v) is 3.97. The smallest absolute Gasteiger partial charge is 0.220 e. The number of aliphatic hydroxyl groups is 1. The van der Waals surface area contributed by atoms with Crippen LogP contribution in [0.25, 0.3) is 0 Å². The van der Waals surface area contributed by atoms with Crippen molar-refractivity contribution in [3.05, 3.63) is 89.1 Å². The molecule has 0 aliphatic heterocycles. The van der Waals surface area contributed by atoms with Crippen LogP contribution in [0.15, 0.2) is 66.7 Å². The third kappa shape index (κ3) is 4.17. The second-order valence-electron chi connectivity index (χ2n) is 5.80. The molecule has 0 amide bonds. The fourth-order valence-corrected chi connectivity index (χ4v) is 2.56. The highest BCUT2D eigenvalue weighted by Crippen LogP contribution is 2.30. The lowest BCUT2D eigenvalue weighted by Gasteiger charge is -2.16. The van der Waals surface area contributed by atoms with Gasteiger partial charge in [0, 0.05) is 11.3 Å². The molecule has 2 aromatic carbocycles. The van der Waals surface area contributed by atoms with Gasteiger partial charge in [-0.05, 0) is 42.3 Å². The molecule has 25 heavy (non-hydrogen) atoms. The summed E-state index contributed by atoms with van der Waals surface area (Å²) in [6.07, 6.45) is -0.815. The Morgan fingerprint density at radius 1 is 0.960 bits per heavy atom. The summed E-state index contributed by atoms with van der Waals surface area (Å²) in [7, 11) is 1.62. The molecule has 0 aliphatic carbocycles. The van der Waals surface area contributed by atoms with Gasteiger partial charge in [-0.3, -0.25) is 0 Å². The molecule has 0 saturated carbocycles. The number of hydrogen-bond acceptors (Lipinski definition) is 4. The van der Waals surface area contributed by atoms with E-state index in [1.807, 2.05) is 73.7 Å². The van der Waals surface area contributed by atoms with Crippen LogP contribution in [0.5, 0.6) is 11.6 Å². The number of methoxy groups -OCH3 is 1. The van der Waals surface area contributed by atoms with Crippen LogP contribution in [0.3, 0.4) is 0 Å². The fourth-order valence-electron chi connectivity index (χ4n) is 2.56. The SMILES string of the molecule is COc1ccc(C(O)c2ccc(C)nc2OCc2ccccc2)cc1. The molecule has 1 aromatic heterocycles. The van der Waals surface area contributed by atoms with Crippen molar-refractivity contribution >= 4 is 0 Å². The fraction of sp³-hybridized carbons (Fsp3) is 0.190. The zero-order chi connectivity index (χ0) is 17.6. The lowest BCUT2D eigenvalue weighted by Crippen LogP contribution is -2.07. The van der Waals surface area contributed by atoms with Crippen LogP contribution in [0.4, 0.5) is 0 Å². The molecule has 0 saturated heterocycles. The largest absolute Gasteiger partial charge is 0.497 e. The highest BCUT2D eigenvalue weighted by Gasteiger charge is 2.17. The average molecular weight is 335 g/mol. The van der Waals surface area contributed by atoms with Crippen molar-refractivity contribution in [2.75, 3.05) is 7.11 Å². The number of hydrogen-bond donors (Lipinski definition) is 1. The molecular formula is C21H21NO3. The van der Waals surface area contributed by atoms with Gasteiger partial charge in [0.2, 0.25) is 5.88 Å². The normalized spacial score (nSPS) is 11.8. The van der Waals surface area contributed by atoms with Crippen LogP contribution in [-0.4, -0.2) is 17.2 Å². The van der Waals surface area contributed by atoms with Gasteiger partial charge >= 0.3 is 0 Å². The number of rotatable bonds is 6. The lowest BCUT2D eigenvalue weighted by atomic mass is 10.0. The van der Waals surface area contributed by atoms with E-state index >= 15 is 0 Å². The molecule has 4 heteroatoms. The molecular weight excluding hydrogens is 314 g/mol. The standard InChI is InChI=1S/C21H21NO3/c1-15-8-13-19(20(23)17-9-11-18(24-2)12-10-17)21(22-15)25-14-16-6-4-3-5-7-16/h3-13,20,23H,14H2,1-2H3. The minimum atomic E-state index is -0.815. The van der Waals surface area contributed by atoms with Crippen molar-refractivity contribution < 1.29 is 14.6 Å². The first-order chi connectivity index (χ1) is 12.2. The van der Waals surface area contributed by atoms with Gasteiger partial charge in [0.15, 0.2) is 0 Å². The van der Waals surface area contributed by atoms with Gasteiger partial charge in [-0.2, -0.15) is 0 Å².